The maximum absolute atomic E-state index is 14.0. The van der Waals surface area contributed by atoms with Crippen molar-refractivity contribution in [3.05, 3.63) is 88.9 Å². The molecule has 3 aromatic rings. The third-order valence-electron chi connectivity index (χ3n) is 6.24. The zero-order valence-corrected chi connectivity index (χ0v) is 23.4. The third-order valence-corrected chi connectivity index (χ3v) is 8.42. The van der Waals surface area contributed by atoms with E-state index in [-0.39, 0.29) is 23.0 Å². The lowest BCUT2D eigenvalue weighted by Crippen LogP contribution is -2.51. The van der Waals surface area contributed by atoms with Gasteiger partial charge in [-0.25, -0.2) is 8.42 Å². The number of hydrogen-bond donors (Lipinski definition) is 1. The van der Waals surface area contributed by atoms with E-state index in [2.05, 4.69) is 5.32 Å². The number of likely N-dealkylation sites (N-methyl/N-ethyl adjacent to an activating group) is 1. The molecule has 10 heteroatoms. The molecule has 0 saturated carbocycles. The van der Waals surface area contributed by atoms with Crippen molar-refractivity contribution < 1.29 is 22.7 Å². The van der Waals surface area contributed by atoms with Gasteiger partial charge in [0.2, 0.25) is 11.8 Å². The van der Waals surface area contributed by atoms with Crippen LogP contribution in [0.15, 0.2) is 77.7 Å². The Balaban J connectivity index is 2.10. The molecule has 8 nitrogen and oxygen atoms in total. The molecule has 0 saturated heterocycles. The Labute approximate surface area is 229 Å². The van der Waals surface area contributed by atoms with Gasteiger partial charge in [0.05, 0.1) is 17.7 Å². The van der Waals surface area contributed by atoms with Crippen molar-refractivity contribution in [2.45, 2.75) is 37.8 Å². The van der Waals surface area contributed by atoms with Gasteiger partial charge in [0.15, 0.2) is 0 Å². The Kier molecular flexibility index (Phi) is 9.77. The van der Waals surface area contributed by atoms with Gasteiger partial charge in [-0.15, -0.1) is 0 Å². The molecule has 0 spiro atoms. The molecule has 0 aliphatic heterocycles. The first kappa shape index (κ1) is 29.0. The standard InChI is InChI=1S/C28H32ClN3O5S/c1-5-25(28(34)30-3)31(18-21-11-9-12-22(17-21)37-4)27(33)19-32(26-16-10-15-24(29)20(26)2)38(35,36)23-13-7-6-8-14-23/h6-17,25H,5,18-19H2,1-4H3,(H,30,34)/t25-/m0/s1. The summed E-state index contributed by atoms with van der Waals surface area (Å²) in [5, 5.41) is 2.98. The first-order valence-corrected chi connectivity index (χ1v) is 13.9. The number of nitrogens with one attached hydrogen (secondary N) is 1. The van der Waals surface area contributed by atoms with Crippen LogP contribution in [0.3, 0.4) is 0 Å². The molecule has 0 radical (unpaired) electrons. The van der Waals surface area contributed by atoms with Crippen LogP contribution in [0.25, 0.3) is 0 Å². The van der Waals surface area contributed by atoms with Gasteiger partial charge in [0.1, 0.15) is 18.3 Å². The highest BCUT2D eigenvalue weighted by Crippen LogP contribution is 2.31. The van der Waals surface area contributed by atoms with Crippen molar-refractivity contribution in [3.63, 3.8) is 0 Å². The molecule has 0 aromatic heterocycles. The highest BCUT2D eigenvalue weighted by molar-refractivity contribution is 7.92. The number of carbonyl (C=O) groups excluding carboxylic acids is 2. The van der Waals surface area contributed by atoms with Crippen molar-refractivity contribution in [2.24, 2.45) is 0 Å². The van der Waals surface area contributed by atoms with Crippen molar-refractivity contribution >= 4 is 39.1 Å². The fraction of sp³-hybridized carbons (Fsp3) is 0.286. The van der Waals surface area contributed by atoms with E-state index in [1.54, 1.807) is 75.6 Å². The average molecular weight is 558 g/mol. The maximum Gasteiger partial charge on any atom is 0.264 e. The van der Waals surface area contributed by atoms with E-state index in [9.17, 15) is 18.0 Å². The van der Waals surface area contributed by atoms with Gasteiger partial charge in [-0.3, -0.25) is 13.9 Å². The topological polar surface area (TPSA) is 96.0 Å². The van der Waals surface area contributed by atoms with Gasteiger partial charge in [0.25, 0.3) is 10.0 Å². The van der Waals surface area contributed by atoms with Gasteiger partial charge >= 0.3 is 0 Å². The number of nitrogens with zero attached hydrogens (tertiary/aromatic N) is 2. The fourth-order valence-corrected chi connectivity index (χ4v) is 5.82. The minimum atomic E-state index is -4.16. The van der Waals surface area contributed by atoms with E-state index < -0.39 is 28.5 Å². The molecule has 1 N–H and O–H groups in total. The predicted molar refractivity (Wildman–Crippen MR) is 149 cm³/mol. The number of rotatable bonds is 11. The number of halogens is 1. The lowest BCUT2D eigenvalue weighted by Gasteiger charge is -2.33. The normalized spacial score (nSPS) is 11.9. The van der Waals surface area contributed by atoms with Crippen molar-refractivity contribution in [2.75, 3.05) is 25.0 Å². The molecule has 0 fully saturated rings. The van der Waals surface area contributed by atoms with Crippen LogP contribution in [0, 0.1) is 6.92 Å². The van der Waals surface area contributed by atoms with E-state index in [0.29, 0.717) is 22.8 Å². The van der Waals surface area contributed by atoms with Crippen LogP contribution in [0.4, 0.5) is 5.69 Å². The molecule has 2 amide bonds. The molecular weight excluding hydrogens is 526 g/mol. The first-order valence-electron chi connectivity index (χ1n) is 12.1. The zero-order chi connectivity index (χ0) is 27.9. The van der Waals surface area contributed by atoms with E-state index >= 15 is 0 Å². The summed E-state index contributed by atoms with van der Waals surface area (Å²) in [4.78, 5) is 28.2. The van der Waals surface area contributed by atoms with Gasteiger partial charge in [-0.05, 0) is 60.9 Å². The molecule has 3 aromatic carbocycles. The second-order valence-corrected chi connectivity index (χ2v) is 10.9. The summed E-state index contributed by atoms with van der Waals surface area (Å²) < 4.78 is 34.1. The smallest absolute Gasteiger partial charge is 0.264 e. The van der Waals surface area contributed by atoms with Gasteiger partial charge in [-0.1, -0.05) is 54.9 Å². The van der Waals surface area contributed by atoms with Crippen LogP contribution >= 0.6 is 11.6 Å². The van der Waals surface area contributed by atoms with Crippen LogP contribution in [0.1, 0.15) is 24.5 Å². The largest absolute Gasteiger partial charge is 0.497 e. The SMILES string of the molecule is CC[C@@H](C(=O)NC)N(Cc1cccc(OC)c1)C(=O)CN(c1cccc(Cl)c1C)S(=O)(=O)c1ccccc1. The Morgan fingerprint density at radius 3 is 2.34 bits per heavy atom. The minimum absolute atomic E-state index is 0.0323. The number of amides is 2. The van der Waals surface area contributed by atoms with Gasteiger partial charge in [-0.2, -0.15) is 0 Å². The zero-order valence-electron chi connectivity index (χ0n) is 21.8. The highest BCUT2D eigenvalue weighted by atomic mass is 35.5. The molecule has 0 unspecified atom stereocenters. The second-order valence-electron chi connectivity index (χ2n) is 8.62. The molecule has 3 rings (SSSR count). The number of sulfonamides is 1. The maximum atomic E-state index is 14.0. The van der Waals surface area contributed by atoms with E-state index in [0.717, 1.165) is 9.87 Å². The number of hydrogen-bond acceptors (Lipinski definition) is 5. The minimum Gasteiger partial charge on any atom is -0.497 e. The molecule has 38 heavy (non-hydrogen) atoms. The van der Waals surface area contributed by atoms with Crippen molar-refractivity contribution in [3.8, 4) is 5.75 Å². The lowest BCUT2D eigenvalue weighted by molar-refractivity contribution is -0.140. The van der Waals surface area contributed by atoms with Gasteiger partial charge in [0, 0.05) is 18.6 Å². The quantitative estimate of drug-likeness (QED) is 0.377. The summed E-state index contributed by atoms with van der Waals surface area (Å²) in [6.45, 7) is 3.04. The third kappa shape index (κ3) is 6.46. The Morgan fingerprint density at radius 2 is 1.71 bits per heavy atom. The predicted octanol–water partition coefficient (Wildman–Crippen LogP) is 4.41. The van der Waals surface area contributed by atoms with Crippen LogP contribution in [-0.2, 0) is 26.2 Å². The fourth-order valence-electron chi connectivity index (χ4n) is 4.15. The average Bonchev–Trinajstić information content (AvgIpc) is 2.93. The second kappa shape index (κ2) is 12.8. The highest BCUT2D eigenvalue weighted by Gasteiger charge is 2.34. The molecule has 0 aliphatic rings. The molecule has 0 bridgehead atoms. The molecule has 0 heterocycles. The number of benzene rings is 3. The van der Waals surface area contributed by atoms with Crippen LogP contribution in [-0.4, -0.2) is 51.9 Å². The first-order chi connectivity index (χ1) is 18.1. The summed E-state index contributed by atoms with van der Waals surface area (Å²) >= 11 is 6.34. The number of anilines is 1. The van der Waals surface area contributed by atoms with E-state index in [4.69, 9.17) is 16.3 Å². The number of methoxy groups -OCH3 is 1. The summed E-state index contributed by atoms with van der Waals surface area (Å²) in [6, 6.07) is 19.1. The lowest BCUT2D eigenvalue weighted by atomic mass is 10.1. The summed E-state index contributed by atoms with van der Waals surface area (Å²) in [5.41, 5.74) is 1.53. The van der Waals surface area contributed by atoms with Crippen LogP contribution in [0.2, 0.25) is 5.02 Å². The van der Waals surface area contributed by atoms with E-state index in [1.807, 2.05) is 6.07 Å². The molecule has 1 atom stereocenters. The Hall–Kier alpha value is -3.56. The van der Waals surface area contributed by atoms with Crippen LogP contribution < -0.4 is 14.4 Å². The summed E-state index contributed by atoms with van der Waals surface area (Å²) in [6.07, 6.45) is 0.330. The van der Waals surface area contributed by atoms with Crippen molar-refractivity contribution in [1.82, 2.24) is 10.2 Å². The number of ether oxygens (including phenoxy) is 1. The number of carbonyl (C=O) groups is 2. The molecule has 0 aliphatic carbocycles. The van der Waals surface area contributed by atoms with Gasteiger partial charge < -0.3 is 15.0 Å². The Bertz CT molecular complexity index is 1380. The van der Waals surface area contributed by atoms with Crippen LogP contribution in [0.5, 0.6) is 5.75 Å². The summed E-state index contributed by atoms with van der Waals surface area (Å²) in [7, 11) is -1.11. The Morgan fingerprint density at radius 1 is 1.03 bits per heavy atom. The molecular formula is C28H32ClN3O5S. The van der Waals surface area contributed by atoms with Crippen molar-refractivity contribution in [1.29, 1.82) is 0 Å². The summed E-state index contributed by atoms with van der Waals surface area (Å²) in [5.74, 6) is -0.284. The monoisotopic (exact) mass is 557 g/mol. The molecule has 202 valence electrons. The van der Waals surface area contributed by atoms with E-state index in [1.165, 1.54) is 24.1 Å².